The van der Waals surface area contributed by atoms with Crippen molar-refractivity contribution in [2.45, 2.75) is 81.1 Å². The van der Waals surface area contributed by atoms with Crippen molar-refractivity contribution in [1.82, 2.24) is 14.5 Å². The molecular weight excluding hydrogens is 716 g/mol. The third-order valence-corrected chi connectivity index (χ3v) is 16.1. The number of nitrogens with zero attached hydrogens (tertiary/aromatic N) is 3. The fourth-order valence-corrected chi connectivity index (χ4v) is 11.2. The monoisotopic (exact) mass is 778 g/mol. The number of hydrogen-bond acceptors (Lipinski definition) is 8. The lowest BCUT2D eigenvalue weighted by Gasteiger charge is -2.54. The average Bonchev–Trinajstić information content (AvgIpc) is 3.31. The molecule has 7 rings (SSSR count). The first-order valence-electron chi connectivity index (χ1n) is 20.3. The second-order valence-corrected chi connectivity index (χ2v) is 19.7. The summed E-state index contributed by atoms with van der Waals surface area (Å²) in [5.74, 6) is 6.51. The number of nitrogens with one attached hydrogen (secondary N) is 1. The van der Waals surface area contributed by atoms with Gasteiger partial charge in [0.05, 0.1) is 31.0 Å². The second kappa shape index (κ2) is 16.7. The summed E-state index contributed by atoms with van der Waals surface area (Å²) in [4.78, 5) is 19.9. The van der Waals surface area contributed by atoms with Gasteiger partial charge in [-0.2, -0.15) is 0 Å². The molecule has 0 amide bonds. The zero-order valence-electron chi connectivity index (χ0n) is 33.3. The number of allylic oxidation sites excluding steroid dienone is 1. The molecule has 2 aromatic carbocycles. The standard InChI is InChI=1S/C44H63ClN4O4S/c1-32(33(2)54(6)46-4)9-7-18-44(51-5,28-47-19-21-49(22-20-47)42(3)29-52-30-42)39-14-12-36(39)25-48-27-43(17-8-10-35-24-37(45)13-15-38(35)43)31-53-41-16-11-34(26-50)23-40(41)48/h7,11,13,15-16,18,23-24,26,32-33,36,39,46H,6,8-10,12,14,17,19-22,25,27-31H2,1-5H3/b18-7+/t32?,33?,36?,39?,43-,44-,54?/m0/s1. The van der Waals surface area contributed by atoms with Gasteiger partial charge >= 0.3 is 0 Å². The summed E-state index contributed by atoms with van der Waals surface area (Å²) in [6.07, 6.45) is 12.3. The van der Waals surface area contributed by atoms with Crippen molar-refractivity contribution in [3.8, 4) is 5.75 Å². The van der Waals surface area contributed by atoms with E-state index in [1.165, 1.54) is 11.1 Å². The number of rotatable bonds is 14. The van der Waals surface area contributed by atoms with E-state index in [-0.39, 0.29) is 21.6 Å². The van der Waals surface area contributed by atoms with Crippen molar-refractivity contribution in [3.63, 3.8) is 0 Å². The number of aldehydes is 1. The minimum atomic E-state index is -0.408. The molecule has 1 spiro atoms. The third kappa shape index (κ3) is 7.98. The Hall–Kier alpha value is -2.24. The summed E-state index contributed by atoms with van der Waals surface area (Å²) < 4.78 is 22.5. The molecule has 5 unspecified atom stereocenters. The number of piperazine rings is 1. The molecule has 8 nitrogen and oxygen atoms in total. The molecule has 5 aliphatic rings. The molecule has 2 saturated heterocycles. The molecule has 3 aliphatic heterocycles. The summed E-state index contributed by atoms with van der Waals surface area (Å²) in [6, 6.07) is 12.4. The molecule has 2 aromatic rings. The SMILES string of the molecule is C=S(NC)C(C)C(C)C/C=C/[C@@](CN1CCN(C2(C)COC2)CC1)(OC)C1CCC1CN1C[C@@]2(CCCc3cc(Cl)ccc32)COc2ccc(C=O)cc21. The van der Waals surface area contributed by atoms with Crippen LogP contribution in [0.4, 0.5) is 5.69 Å². The molecule has 54 heavy (non-hydrogen) atoms. The Bertz CT molecular complexity index is 1690. The zero-order chi connectivity index (χ0) is 38.1. The largest absolute Gasteiger partial charge is 0.490 e. The highest BCUT2D eigenvalue weighted by Crippen LogP contribution is 2.49. The van der Waals surface area contributed by atoms with Crippen LogP contribution in [-0.2, 0) is 21.3 Å². The molecule has 3 fully saturated rings. The highest BCUT2D eigenvalue weighted by Gasteiger charge is 2.50. The van der Waals surface area contributed by atoms with Crippen LogP contribution in [0.15, 0.2) is 48.6 Å². The van der Waals surface area contributed by atoms with Crippen LogP contribution in [0.2, 0.25) is 5.02 Å². The second-order valence-electron chi connectivity index (χ2n) is 17.3. The number of anilines is 1. The molecule has 1 saturated carbocycles. The summed E-state index contributed by atoms with van der Waals surface area (Å²) >= 11 is 6.53. The van der Waals surface area contributed by atoms with Crippen LogP contribution in [0, 0.1) is 17.8 Å². The molecule has 0 bridgehead atoms. The highest BCUT2D eigenvalue weighted by atomic mass is 35.5. The number of halogens is 1. The van der Waals surface area contributed by atoms with Crippen LogP contribution in [0.3, 0.4) is 0 Å². The van der Waals surface area contributed by atoms with Gasteiger partial charge in [0, 0.05) is 74.2 Å². The maximum absolute atomic E-state index is 12.1. The molecule has 296 valence electrons. The minimum Gasteiger partial charge on any atom is -0.490 e. The summed E-state index contributed by atoms with van der Waals surface area (Å²) in [5, 5.41) is 1.27. The molecule has 0 aromatic heterocycles. The lowest BCUT2D eigenvalue weighted by molar-refractivity contribution is -0.146. The number of hydrogen-bond donors (Lipinski definition) is 1. The number of carbonyl (C=O) groups excluding carboxylic acids is 1. The van der Waals surface area contributed by atoms with Gasteiger partial charge in [-0.25, -0.2) is 0 Å². The maximum Gasteiger partial charge on any atom is 0.150 e. The number of methoxy groups -OCH3 is 1. The van der Waals surface area contributed by atoms with E-state index >= 15 is 0 Å². The van der Waals surface area contributed by atoms with Crippen molar-refractivity contribution >= 4 is 40.1 Å². The van der Waals surface area contributed by atoms with Gasteiger partial charge in [-0.3, -0.25) is 19.3 Å². The van der Waals surface area contributed by atoms with Crippen LogP contribution in [0.25, 0.3) is 0 Å². The fourth-order valence-electron chi connectivity index (χ4n) is 10.0. The van der Waals surface area contributed by atoms with Gasteiger partial charge < -0.3 is 19.1 Å². The van der Waals surface area contributed by atoms with Crippen molar-refractivity contribution in [3.05, 3.63) is 70.3 Å². The quantitative estimate of drug-likeness (QED) is 0.122. The first-order chi connectivity index (χ1) is 26.0. The van der Waals surface area contributed by atoms with E-state index < -0.39 is 5.60 Å². The Kier molecular flexibility index (Phi) is 12.4. The normalized spacial score (nSPS) is 28.4. The number of carbonyl (C=O) groups is 1. The van der Waals surface area contributed by atoms with Crippen LogP contribution in [0.1, 0.15) is 74.4 Å². The van der Waals surface area contributed by atoms with E-state index in [0.717, 1.165) is 120 Å². The van der Waals surface area contributed by atoms with Gasteiger partial charge in [0.15, 0.2) is 0 Å². The van der Waals surface area contributed by atoms with E-state index in [2.05, 4.69) is 70.3 Å². The van der Waals surface area contributed by atoms with Crippen LogP contribution in [-0.4, -0.2) is 118 Å². The van der Waals surface area contributed by atoms with E-state index in [4.69, 9.17) is 25.8 Å². The van der Waals surface area contributed by atoms with Gasteiger partial charge in [0.25, 0.3) is 0 Å². The predicted molar refractivity (Wildman–Crippen MR) is 225 cm³/mol. The van der Waals surface area contributed by atoms with Crippen LogP contribution in [0.5, 0.6) is 5.75 Å². The molecule has 10 heteroatoms. The van der Waals surface area contributed by atoms with Gasteiger partial charge in [-0.15, -0.1) is 10.7 Å². The van der Waals surface area contributed by atoms with Crippen LogP contribution < -0.4 is 14.4 Å². The van der Waals surface area contributed by atoms with E-state index in [0.29, 0.717) is 35.2 Å². The lowest BCUT2D eigenvalue weighted by atomic mass is 9.63. The summed E-state index contributed by atoms with van der Waals surface area (Å²) in [6.45, 7) is 16.1. The van der Waals surface area contributed by atoms with Crippen LogP contribution >= 0.6 is 22.3 Å². The predicted octanol–water partition coefficient (Wildman–Crippen LogP) is 7.25. The Balaban J connectivity index is 1.17. The average molecular weight is 780 g/mol. The van der Waals surface area contributed by atoms with E-state index in [1.807, 2.05) is 38.4 Å². The van der Waals surface area contributed by atoms with Crippen molar-refractivity contribution in [1.29, 1.82) is 0 Å². The topological polar surface area (TPSA) is 66.5 Å². The van der Waals surface area contributed by atoms with E-state index in [9.17, 15) is 4.79 Å². The van der Waals surface area contributed by atoms with Gasteiger partial charge in [0.2, 0.25) is 0 Å². The summed E-state index contributed by atoms with van der Waals surface area (Å²) in [5.41, 5.74) is 4.02. The Morgan fingerprint density at radius 1 is 1.13 bits per heavy atom. The number of benzene rings is 2. The minimum absolute atomic E-state index is 0.0733. The fraction of sp³-hybridized carbons (Fsp3) is 0.636. The molecule has 2 aliphatic carbocycles. The molecular formula is C44H63ClN4O4S. The molecule has 0 radical (unpaired) electrons. The zero-order valence-corrected chi connectivity index (χ0v) is 34.9. The Morgan fingerprint density at radius 2 is 1.93 bits per heavy atom. The number of ether oxygens (including phenoxy) is 3. The third-order valence-electron chi connectivity index (χ3n) is 13.9. The van der Waals surface area contributed by atoms with Crippen molar-refractivity contribution < 1.29 is 19.0 Å². The van der Waals surface area contributed by atoms with Gasteiger partial charge in [-0.05, 0) is 112 Å². The maximum atomic E-state index is 12.1. The van der Waals surface area contributed by atoms with Gasteiger partial charge in [0.1, 0.15) is 17.6 Å². The Morgan fingerprint density at radius 3 is 2.59 bits per heavy atom. The smallest absolute Gasteiger partial charge is 0.150 e. The summed E-state index contributed by atoms with van der Waals surface area (Å²) in [7, 11) is 3.88. The highest BCUT2D eigenvalue weighted by molar-refractivity contribution is 8.12. The molecule has 7 atom stereocenters. The number of fused-ring (bicyclic) bond motifs is 3. The lowest BCUT2D eigenvalue weighted by Crippen LogP contribution is -2.66. The molecule has 3 heterocycles. The number of aryl methyl sites for hydroxylation is 1. The van der Waals surface area contributed by atoms with Gasteiger partial charge in [-0.1, -0.05) is 49.5 Å². The first kappa shape index (κ1) is 40.0. The molecule has 1 N–H and O–H groups in total. The first-order valence-corrected chi connectivity index (χ1v) is 22.1. The van der Waals surface area contributed by atoms with Crippen molar-refractivity contribution in [2.75, 3.05) is 84.7 Å². The Labute approximate surface area is 332 Å². The van der Waals surface area contributed by atoms with E-state index in [1.54, 1.807) is 0 Å². The van der Waals surface area contributed by atoms with Crippen molar-refractivity contribution in [2.24, 2.45) is 17.8 Å².